The topological polar surface area (TPSA) is 125 Å². The van der Waals surface area contributed by atoms with Crippen LogP contribution in [0.25, 0.3) is 11.1 Å². The van der Waals surface area contributed by atoms with Gasteiger partial charge in [0.1, 0.15) is 6.61 Å². The number of aliphatic hydroxyl groups excluding tert-OH is 1. The SMILES string of the molecule is O=C(O)CC(O)CNC(=O)[C@@H]1CC[C@H](NC(=O)OCC2c3ccccc3-c3ccccc32)C1. The van der Waals surface area contributed by atoms with Gasteiger partial charge in [-0.05, 0) is 41.5 Å². The first-order valence-corrected chi connectivity index (χ1v) is 11.2. The number of carbonyl (C=O) groups is 3. The summed E-state index contributed by atoms with van der Waals surface area (Å²) in [7, 11) is 0. The monoisotopic (exact) mass is 452 g/mol. The first kappa shape index (κ1) is 22.8. The molecule has 3 atom stereocenters. The Hall–Kier alpha value is -3.39. The molecule has 2 amide bonds. The average Bonchev–Trinajstić information content (AvgIpc) is 3.38. The number of alkyl carbamates (subject to hydrolysis) is 1. The summed E-state index contributed by atoms with van der Waals surface area (Å²) >= 11 is 0. The highest BCUT2D eigenvalue weighted by Gasteiger charge is 2.32. The normalized spacial score (nSPS) is 19.9. The molecule has 33 heavy (non-hydrogen) atoms. The van der Waals surface area contributed by atoms with Gasteiger partial charge in [0.2, 0.25) is 5.91 Å². The molecule has 1 fully saturated rings. The average molecular weight is 453 g/mol. The maximum Gasteiger partial charge on any atom is 0.407 e. The van der Waals surface area contributed by atoms with E-state index in [1.807, 2.05) is 24.3 Å². The van der Waals surface area contributed by atoms with Crippen molar-refractivity contribution in [1.29, 1.82) is 0 Å². The minimum absolute atomic E-state index is 0.0116. The van der Waals surface area contributed by atoms with Crippen molar-refractivity contribution >= 4 is 18.0 Å². The molecule has 1 saturated carbocycles. The number of hydrogen-bond acceptors (Lipinski definition) is 5. The predicted octanol–water partition coefficient (Wildman–Crippen LogP) is 2.65. The zero-order valence-electron chi connectivity index (χ0n) is 18.2. The van der Waals surface area contributed by atoms with E-state index in [0.717, 1.165) is 11.1 Å². The number of carboxylic acid groups (broad SMARTS) is 1. The molecule has 0 saturated heterocycles. The van der Waals surface area contributed by atoms with Crippen molar-refractivity contribution in [2.24, 2.45) is 5.92 Å². The zero-order valence-corrected chi connectivity index (χ0v) is 18.2. The quantitative estimate of drug-likeness (QED) is 0.488. The van der Waals surface area contributed by atoms with Crippen LogP contribution in [0, 0.1) is 5.92 Å². The van der Waals surface area contributed by atoms with Crippen LogP contribution < -0.4 is 10.6 Å². The molecule has 0 spiro atoms. The van der Waals surface area contributed by atoms with Gasteiger partial charge in [-0.25, -0.2) is 4.79 Å². The maximum absolute atomic E-state index is 12.5. The van der Waals surface area contributed by atoms with Crippen molar-refractivity contribution in [2.75, 3.05) is 13.2 Å². The number of aliphatic hydroxyl groups is 1. The molecule has 0 radical (unpaired) electrons. The molecule has 2 aromatic carbocycles. The Labute approximate surface area is 192 Å². The fraction of sp³-hybridized carbons (Fsp3) is 0.400. The molecule has 174 valence electrons. The Bertz CT molecular complexity index is 994. The van der Waals surface area contributed by atoms with Crippen LogP contribution >= 0.6 is 0 Å². The Morgan fingerprint density at radius 1 is 1.00 bits per heavy atom. The fourth-order valence-electron chi connectivity index (χ4n) is 4.79. The molecule has 0 bridgehead atoms. The van der Waals surface area contributed by atoms with E-state index < -0.39 is 24.6 Å². The Kier molecular flexibility index (Phi) is 6.93. The van der Waals surface area contributed by atoms with E-state index in [1.54, 1.807) is 0 Å². The highest BCUT2D eigenvalue weighted by molar-refractivity contribution is 5.80. The molecule has 0 heterocycles. The summed E-state index contributed by atoms with van der Waals surface area (Å²) in [4.78, 5) is 35.3. The summed E-state index contributed by atoms with van der Waals surface area (Å²) < 4.78 is 5.57. The van der Waals surface area contributed by atoms with E-state index in [-0.39, 0.29) is 36.9 Å². The molecular formula is C25H28N2O6. The minimum Gasteiger partial charge on any atom is -0.481 e. The molecule has 8 nitrogen and oxygen atoms in total. The molecule has 4 N–H and O–H groups in total. The summed E-state index contributed by atoms with van der Waals surface area (Å²) in [5.74, 6) is -1.66. The summed E-state index contributed by atoms with van der Waals surface area (Å²) in [5, 5.41) is 23.7. The van der Waals surface area contributed by atoms with Gasteiger partial charge in [-0.15, -0.1) is 0 Å². The van der Waals surface area contributed by atoms with Crippen LogP contribution in [0.4, 0.5) is 4.79 Å². The lowest BCUT2D eigenvalue weighted by molar-refractivity contribution is -0.139. The standard InChI is InChI=1S/C25H28N2O6/c28-17(12-23(29)30)13-26-24(31)15-9-10-16(11-15)27-25(32)33-14-22-20-7-3-1-5-18(20)19-6-2-4-8-21(19)22/h1-8,15-17,22,28H,9-14H2,(H,26,31)(H,27,32)(H,29,30)/t15-,16+,17?/m1/s1. The third-order valence-corrected chi connectivity index (χ3v) is 6.39. The lowest BCUT2D eigenvalue weighted by Gasteiger charge is -2.17. The van der Waals surface area contributed by atoms with Gasteiger partial charge in [-0.2, -0.15) is 0 Å². The molecular weight excluding hydrogens is 424 g/mol. The van der Waals surface area contributed by atoms with Gasteiger partial charge in [0, 0.05) is 24.4 Å². The van der Waals surface area contributed by atoms with Crippen LogP contribution in [-0.2, 0) is 14.3 Å². The lowest BCUT2D eigenvalue weighted by atomic mass is 9.98. The van der Waals surface area contributed by atoms with Crippen molar-refractivity contribution in [3.8, 4) is 11.1 Å². The van der Waals surface area contributed by atoms with Crippen molar-refractivity contribution < 1.29 is 29.3 Å². The third kappa shape index (κ3) is 5.34. The van der Waals surface area contributed by atoms with E-state index in [2.05, 4.69) is 34.9 Å². The highest BCUT2D eigenvalue weighted by atomic mass is 16.5. The van der Waals surface area contributed by atoms with E-state index in [9.17, 15) is 19.5 Å². The van der Waals surface area contributed by atoms with Gasteiger partial charge in [0.25, 0.3) is 0 Å². The highest BCUT2D eigenvalue weighted by Crippen LogP contribution is 2.44. The van der Waals surface area contributed by atoms with Crippen LogP contribution in [0.2, 0.25) is 0 Å². The van der Waals surface area contributed by atoms with Gasteiger partial charge in [-0.3, -0.25) is 9.59 Å². The van der Waals surface area contributed by atoms with E-state index in [0.29, 0.717) is 19.3 Å². The van der Waals surface area contributed by atoms with Crippen LogP contribution in [0.1, 0.15) is 42.7 Å². The molecule has 1 unspecified atom stereocenters. The maximum atomic E-state index is 12.5. The first-order chi connectivity index (χ1) is 15.9. The molecule has 2 aliphatic rings. The number of fused-ring (bicyclic) bond motifs is 3. The third-order valence-electron chi connectivity index (χ3n) is 6.39. The number of amides is 2. The number of hydrogen-bond donors (Lipinski definition) is 4. The van der Waals surface area contributed by atoms with Gasteiger partial charge in [-0.1, -0.05) is 48.5 Å². The molecule has 0 aromatic heterocycles. The van der Waals surface area contributed by atoms with Gasteiger partial charge >= 0.3 is 12.1 Å². The number of rotatable bonds is 8. The largest absolute Gasteiger partial charge is 0.481 e. The second-order valence-corrected chi connectivity index (χ2v) is 8.67. The summed E-state index contributed by atoms with van der Waals surface area (Å²) in [5.41, 5.74) is 4.63. The van der Waals surface area contributed by atoms with Gasteiger partial charge in [0.05, 0.1) is 12.5 Å². The number of carboxylic acids is 1. The summed E-state index contributed by atoms with van der Waals surface area (Å²) in [6.45, 7) is 0.129. The Morgan fingerprint density at radius 3 is 2.27 bits per heavy atom. The van der Waals surface area contributed by atoms with Crippen molar-refractivity contribution in [1.82, 2.24) is 10.6 Å². The van der Waals surface area contributed by atoms with Crippen LogP contribution in [0.15, 0.2) is 48.5 Å². The molecule has 2 aliphatic carbocycles. The van der Waals surface area contributed by atoms with Crippen LogP contribution in [-0.4, -0.2) is 53.5 Å². The minimum atomic E-state index is -1.12. The van der Waals surface area contributed by atoms with Crippen molar-refractivity contribution in [3.05, 3.63) is 59.7 Å². The van der Waals surface area contributed by atoms with E-state index >= 15 is 0 Å². The van der Waals surface area contributed by atoms with Crippen LogP contribution in [0.3, 0.4) is 0 Å². The smallest absolute Gasteiger partial charge is 0.407 e. The Morgan fingerprint density at radius 2 is 1.64 bits per heavy atom. The number of nitrogens with one attached hydrogen (secondary N) is 2. The number of ether oxygens (including phenoxy) is 1. The van der Waals surface area contributed by atoms with Crippen LogP contribution in [0.5, 0.6) is 0 Å². The predicted molar refractivity (Wildman–Crippen MR) is 121 cm³/mol. The number of carbonyl (C=O) groups excluding carboxylic acids is 2. The van der Waals surface area contributed by atoms with E-state index in [1.165, 1.54) is 11.1 Å². The Balaban J connectivity index is 1.25. The molecule has 8 heteroatoms. The second-order valence-electron chi connectivity index (χ2n) is 8.67. The van der Waals surface area contributed by atoms with E-state index in [4.69, 9.17) is 9.84 Å². The number of benzene rings is 2. The number of aliphatic carboxylic acids is 1. The van der Waals surface area contributed by atoms with Gasteiger partial charge < -0.3 is 25.6 Å². The zero-order chi connectivity index (χ0) is 23.4. The molecule has 4 rings (SSSR count). The van der Waals surface area contributed by atoms with Crippen molar-refractivity contribution in [2.45, 2.75) is 43.7 Å². The van der Waals surface area contributed by atoms with Crippen molar-refractivity contribution in [3.63, 3.8) is 0 Å². The summed E-state index contributed by atoms with van der Waals surface area (Å²) in [6.07, 6.45) is -0.306. The lowest BCUT2D eigenvalue weighted by Crippen LogP contribution is -2.38. The second kappa shape index (κ2) is 10.0. The first-order valence-electron chi connectivity index (χ1n) is 11.2. The fourth-order valence-corrected chi connectivity index (χ4v) is 4.79. The van der Waals surface area contributed by atoms with Gasteiger partial charge in [0.15, 0.2) is 0 Å². The summed E-state index contributed by atoms with van der Waals surface area (Å²) in [6, 6.07) is 16.1. The molecule has 2 aromatic rings. The molecule has 0 aliphatic heterocycles.